The summed E-state index contributed by atoms with van der Waals surface area (Å²) in [5.41, 5.74) is 0. The molecule has 11 heavy (non-hydrogen) atoms. The van der Waals surface area contributed by atoms with Gasteiger partial charge in [0.2, 0.25) is 5.78 Å². The molecule has 0 aromatic carbocycles. The first-order valence-electron chi connectivity index (χ1n) is 2.69. The van der Waals surface area contributed by atoms with Crippen molar-refractivity contribution in [1.29, 1.82) is 0 Å². The molecule has 0 aliphatic carbocycles. The van der Waals surface area contributed by atoms with Crippen molar-refractivity contribution < 1.29 is 24.6 Å². The summed E-state index contributed by atoms with van der Waals surface area (Å²) in [5, 5.41) is 16.0. The predicted molar refractivity (Wildman–Crippen MR) is 34.0 cm³/mol. The summed E-state index contributed by atoms with van der Waals surface area (Å²) in [4.78, 5) is 29.9. The minimum absolute atomic E-state index is 0.387. The van der Waals surface area contributed by atoms with Gasteiger partial charge in [-0.15, -0.1) is 0 Å². The molecule has 60 valence electrons. The molecule has 0 rings (SSSR count). The first-order valence-corrected chi connectivity index (χ1v) is 2.69. The van der Waals surface area contributed by atoms with Crippen molar-refractivity contribution in [2.24, 2.45) is 0 Å². The van der Waals surface area contributed by atoms with E-state index in [1.54, 1.807) is 0 Å². The average molecular weight is 158 g/mol. The van der Waals surface area contributed by atoms with Gasteiger partial charge in [0.15, 0.2) is 0 Å². The molecule has 0 fully saturated rings. The van der Waals surface area contributed by atoms with Gasteiger partial charge in [0.05, 0.1) is 0 Å². The highest BCUT2D eigenvalue weighted by molar-refractivity contribution is 6.33. The molecule has 0 amide bonds. The first kappa shape index (κ1) is 9.35. The van der Waals surface area contributed by atoms with Gasteiger partial charge in [-0.3, -0.25) is 4.79 Å². The maximum atomic E-state index is 10.3. The molecule has 0 radical (unpaired) electrons. The molecule has 5 nitrogen and oxygen atoms in total. The van der Waals surface area contributed by atoms with Gasteiger partial charge in [-0.1, -0.05) is 6.08 Å². The van der Waals surface area contributed by atoms with E-state index in [-0.39, 0.29) is 6.42 Å². The Balaban J connectivity index is 3.80. The molecule has 2 N–H and O–H groups in total. The number of aliphatic carboxylic acids is 2. The lowest BCUT2D eigenvalue weighted by Crippen LogP contribution is -2.10. The Morgan fingerprint density at radius 2 is 1.73 bits per heavy atom. The van der Waals surface area contributed by atoms with Crippen LogP contribution in [0.2, 0.25) is 0 Å². The summed E-state index contributed by atoms with van der Waals surface area (Å²) in [5.74, 6) is -3.79. The number of allylic oxidation sites excluding steroid dienone is 1. The van der Waals surface area contributed by atoms with Crippen molar-refractivity contribution >= 4 is 17.7 Å². The number of ketones is 1. The van der Waals surface area contributed by atoms with Gasteiger partial charge in [-0.2, -0.15) is 0 Å². The van der Waals surface area contributed by atoms with E-state index in [1.165, 1.54) is 0 Å². The maximum Gasteiger partial charge on any atom is 0.372 e. The van der Waals surface area contributed by atoms with Gasteiger partial charge in [-0.05, 0) is 0 Å². The number of rotatable bonds is 4. The van der Waals surface area contributed by atoms with E-state index < -0.39 is 17.7 Å². The third-order valence-electron chi connectivity index (χ3n) is 0.802. The van der Waals surface area contributed by atoms with Crippen LogP contribution in [-0.4, -0.2) is 27.9 Å². The van der Waals surface area contributed by atoms with Crippen molar-refractivity contribution in [3.05, 3.63) is 12.2 Å². The topological polar surface area (TPSA) is 91.7 Å². The van der Waals surface area contributed by atoms with Gasteiger partial charge in [0.1, 0.15) is 0 Å². The van der Waals surface area contributed by atoms with E-state index in [4.69, 9.17) is 10.2 Å². The van der Waals surface area contributed by atoms with Crippen LogP contribution in [0, 0.1) is 0 Å². The van der Waals surface area contributed by atoms with Crippen molar-refractivity contribution in [1.82, 2.24) is 0 Å². The first-order chi connectivity index (χ1) is 5.04. The monoisotopic (exact) mass is 158 g/mol. The molecule has 0 bridgehead atoms. The summed E-state index contributed by atoms with van der Waals surface area (Å²) in [6.45, 7) is 0. The molecule has 5 heteroatoms. The van der Waals surface area contributed by atoms with Crippen LogP contribution in [0.3, 0.4) is 0 Å². The lowest BCUT2D eigenvalue weighted by molar-refractivity contribution is -0.148. The van der Waals surface area contributed by atoms with Gasteiger partial charge in [0.25, 0.3) is 0 Å². The van der Waals surface area contributed by atoms with Gasteiger partial charge in [-0.25, -0.2) is 9.59 Å². The molecule has 0 saturated heterocycles. The number of Topliss-reactive ketones (excluding diaryl/α,β-unsaturated/α-hetero) is 1. The van der Waals surface area contributed by atoms with Gasteiger partial charge < -0.3 is 10.2 Å². The summed E-state index contributed by atoms with van der Waals surface area (Å²) < 4.78 is 0. The fourth-order valence-corrected chi connectivity index (χ4v) is 0.354. The molecule has 0 aliphatic heterocycles. The lowest BCUT2D eigenvalue weighted by Gasteiger charge is -1.84. The molecule has 0 atom stereocenters. The summed E-state index contributed by atoms with van der Waals surface area (Å²) in [6.07, 6.45) is 1.32. The minimum Gasteiger partial charge on any atom is -0.478 e. The highest BCUT2D eigenvalue weighted by atomic mass is 16.4. The second-order valence-corrected chi connectivity index (χ2v) is 1.67. The van der Waals surface area contributed by atoms with E-state index in [9.17, 15) is 14.4 Å². The Labute approximate surface area is 61.9 Å². The lowest BCUT2D eigenvalue weighted by atomic mass is 10.3. The largest absolute Gasteiger partial charge is 0.478 e. The van der Waals surface area contributed by atoms with E-state index in [0.29, 0.717) is 0 Å². The molecule has 0 heterocycles. The normalized spacial score (nSPS) is 9.82. The number of carbonyl (C=O) groups is 3. The molecule has 0 unspecified atom stereocenters. The van der Waals surface area contributed by atoms with E-state index in [2.05, 4.69) is 0 Å². The zero-order valence-electron chi connectivity index (χ0n) is 5.48. The predicted octanol–water partition coefficient (Wildman–Crippen LogP) is -0.329. The van der Waals surface area contributed by atoms with Gasteiger partial charge in [0, 0.05) is 12.5 Å². The molecular weight excluding hydrogens is 152 g/mol. The molecule has 0 aromatic heterocycles. The van der Waals surface area contributed by atoms with Crippen molar-refractivity contribution in [2.45, 2.75) is 6.42 Å². The fourth-order valence-electron chi connectivity index (χ4n) is 0.354. The highest BCUT2D eigenvalue weighted by Crippen LogP contribution is 1.85. The Morgan fingerprint density at radius 3 is 2.09 bits per heavy atom. The number of carboxylic acids is 2. The van der Waals surface area contributed by atoms with Crippen molar-refractivity contribution in [3.8, 4) is 0 Å². The quantitative estimate of drug-likeness (QED) is 0.431. The second kappa shape index (κ2) is 4.21. The van der Waals surface area contributed by atoms with Crippen LogP contribution < -0.4 is 0 Å². The SMILES string of the molecule is O=C(O)C=CCC(=O)C(=O)O. The molecule has 0 aliphatic rings. The van der Waals surface area contributed by atoms with Crippen LogP contribution in [0.5, 0.6) is 0 Å². The van der Waals surface area contributed by atoms with Crippen LogP contribution in [0.4, 0.5) is 0 Å². The number of carbonyl (C=O) groups excluding carboxylic acids is 1. The van der Waals surface area contributed by atoms with Crippen LogP contribution in [0.1, 0.15) is 6.42 Å². The summed E-state index contributed by atoms with van der Waals surface area (Å²) in [6, 6.07) is 0. The van der Waals surface area contributed by atoms with E-state index in [1.807, 2.05) is 0 Å². The second-order valence-electron chi connectivity index (χ2n) is 1.67. The third-order valence-corrected chi connectivity index (χ3v) is 0.802. The van der Waals surface area contributed by atoms with Crippen molar-refractivity contribution in [2.75, 3.05) is 0 Å². The van der Waals surface area contributed by atoms with Crippen LogP contribution >= 0.6 is 0 Å². The molecular formula is C6H6O5. The Kier molecular flexibility index (Phi) is 3.58. The number of hydrogen-bond donors (Lipinski definition) is 2. The Morgan fingerprint density at radius 1 is 1.18 bits per heavy atom. The fraction of sp³-hybridized carbons (Fsp3) is 0.167. The summed E-state index contributed by atoms with van der Waals surface area (Å²) in [7, 11) is 0. The van der Waals surface area contributed by atoms with Crippen LogP contribution in [0.15, 0.2) is 12.2 Å². The zero-order chi connectivity index (χ0) is 8.85. The molecule has 0 saturated carbocycles. The number of carboxylic acid groups (broad SMARTS) is 2. The van der Waals surface area contributed by atoms with Crippen LogP contribution in [0.25, 0.3) is 0 Å². The number of hydrogen-bond acceptors (Lipinski definition) is 3. The average Bonchev–Trinajstić information content (AvgIpc) is 1.86. The highest BCUT2D eigenvalue weighted by Gasteiger charge is 2.07. The van der Waals surface area contributed by atoms with E-state index >= 15 is 0 Å². The third kappa shape index (κ3) is 4.83. The zero-order valence-corrected chi connectivity index (χ0v) is 5.48. The minimum atomic E-state index is -1.56. The Bertz CT molecular complexity index is 215. The smallest absolute Gasteiger partial charge is 0.372 e. The van der Waals surface area contributed by atoms with E-state index in [0.717, 1.165) is 12.2 Å². The molecule has 0 spiro atoms. The van der Waals surface area contributed by atoms with Crippen LogP contribution in [-0.2, 0) is 14.4 Å². The summed E-state index contributed by atoms with van der Waals surface area (Å²) >= 11 is 0. The maximum absolute atomic E-state index is 10.3. The van der Waals surface area contributed by atoms with Crippen molar-refractivity contribution in [3.63, 3.8) is 0 Å². The molecule has 0 aromatic rings. The standard InChI is InChI=1S/C6H6O5/c7-4(6(10)11)2-1-3-5(8)9/h1,3H,2H2,(H,8,9)(H,10,11). The Hall–Kier alpha value is -1.65. The van der Waals surface area contributed by atoms with Gasteiger partial charge >= 0.3 is 11.9 Å².